The predicted molar refractivity (Wildman–Crippen MR) is 64.1 cm³/mol. The lowest BCUT2D eigenvalue weighted by atomic mass is 10.2. The number of anilines is 1. The molecule has 2 aromatic rings. The Morgan fingerprint density at radius 2 is 2.00 bits per heavy atom. The summed E-state index contributed by atoms with van der Waals surface area (Å²) < 4.78 is 37.2. The minimum absolute atomic E-state index is 0.0242. The first-order valence-corrected chi connectivity index (χ1v) is 5.60. The van der Waals surface area contributed by atoms with Gasteiger partial charge < -0.3 is 5.32 Å². The van der Waals surface area contributed by atoms with Crippen LogP contribution in [0.3, 0.4) is 0 Å². The van der Waals surface area contributed by atoms with Crippen LogP contribution in [0.4, 0.5) is 18.9 Å². The minimum atomic E-state index is -4.92. The molecule has 94 valence electrons. The molecular formula is C11H6BrF3N2O. The second kappa shape index (κ2) is 4.56. The first-order valence-electron chi connectivity index (χ1n) is 4.81. The molecule has 0 spiro atoms. The van der Waals surface area contributed by atoms with Crippen molar-refractivity contribution in [1.82, 2.24) is 4.98 Å². The van der Waals surface area contributed by atoms with Gasteiger partial charge in [-0.3, -0.25) is 9.78 Å². The van der Waals surface area contributed by atoms with Crippen molar-refractivity contribution in [3.8, 4) is 0 Å². The molecule has 0 aliphatic carbocycles. The van der Waals surface area contributed by atoms with E-state index >= 15 is 0 Å². The van der Waals surface area contributed by atoms with Crippen molar-refractivity contribution < 1.29 is 18.0 Å². The standard InChI is InChI=1S/C11H6BrF3N2O/c12-7-3-4-8(17-10(18)11(13,14)15)9-6(7)2-1-5-16-9/h1-5H,(H,17,18). The van der Waals surface area contributed by atoms with E-state index in [1.807, 2.05) is 0 Å². The fourth-order valence-electron chi connectivity index (χ4n) is 1.43. The van der Waals surface area contributed by atoms with Gasteiger partial charge in [0.1, 0.15) is 0 Å². The average molecular weight is 319 g/mol. The molecule has 0 unspecified atom stereocenters. The third-order valence-electron chi connectivity index (χ3n) is 2.22. The Hall–Kier alpha value is -1.63. The summed E-state index contributed by atoms with van der Waals surface area (Å²) in [5, 5.41) is 2.43. The van der Waals surface area contributed by atoms with Gasteiger partial charge in [-0.05, 0) is 18.2 Å². The van der Waals surface area contributed by atoms with Crippen molar-refractivity contribution in [1.29, 1.82) is 0 Å². The van der Waals surface area contributed by atoms with E-state index in [1.165, 1.54) is 12.3 Å². The maximum atomic E-state index is 12.2. The Kier molecular flexibility index (Phi) is 3.25. The zero-order valence-electron chi connectivity index (χ0n) is 8.75. The number of fused-ring (bicyclic) bond motifs is 1. The zero-order valence-corrected chi connectivity index (χ0v) is 10.3. The molecule has 0 fully saturated rings. The van der Waals surface area contributed by atoms with Crippen LogP contribution in [0.1, 0.15) is 0 Å². The van der Waals surface area contributed by atoms with Crippen LogP contribution in [-0.4, -0.2) is 17.1 Å². The van der Waals surface area contributed by atoms with Gasteiger partial charge in [0.2, 0.25) is 0 Å². The molecule has 18 heavy (non-hydrogen) atoms. The Labute approximate surface area is 108 Å². The maximum Gasteiger partial charge on any atom is 0.471 e. The molecule has 1 N–H and O–H groups in total. The first-order chi connectivity index (χ1) is 8.39. The van der Waals surface area contributed by atoms with Crippen molar-refractivity contribution >= 4 is 38.4 Å². The van der Waals surface area contributed by atoms with Gasteiger partial charge in [0.15, 0.2) is 0 Å². The zero-order chi connectivity index (χ0) is 13.3. The SMILES string of the molecule is O=C(Nc1ccc(Br)c2cccnc12)C(F)(F)F. The molecule has 0 saturated carbocycles. The summed E-state index contributed by atoms with van der Waals surface area (Å²) in [4.78, 5) is 14.9. The van der Waals surface area contributed by atoms with Gasteiger partial charge >= 0.3 is 12.1 Å². The van der Waals surface area contributed by atoms with Crippen LogP contribution in [0.25, 0.3) is 10.9 Å². The number of pyridine rings is 1. The van der Waals surface area contributed by atoms with Gasteiger partial charge in [-0.2, -0.15) is 13.2 Å². The van der Waals surface area contributed by atoms with Crippen LogP contribution in [0.2, 0.25) is 0 Å². The Bertz CT molecular complexity index is 613. The van der Waals surface area contributed by atoms with Crippen LogP contribution in [0, 0.1) is 0 Å². The highest BCUT2D eigenvalue weighted by molar-refractivity contribution is 9.10. The van der Waals surface area contributed by atoms with Crippen LogP contribution in [0.15, 0.2) is 34.9 Å². The second-order valence-corrected chi connectivity index (χ2v) is 4.30. The summed E-state index contributed by atoms with van der Waals surface area (Å²) in [6.07, 6.45) is -3.48. The molecule has 1 aromatic heterocycles. The van der Waals surface area contributed by atoms with E-state index in [9.17, 15) is 18.0 Å². The number of hydrogen-bond acceptors (Lipinski definition) is 2. The van der Waals surface area contributed by atoms with E-state index in [0.29, 0.717) is 15.4 Å². The van der Waals surface area contributed by atoms with Crippen molar-refractivity contribution in [2.45, 2.75) is 6.18 Å². The number of nitrogens with one attached hydrogen (secondary N) is 1. The fourth-order valence-corrected chi connectivity index (χ4v) is 1.88. The monoisotopic (exact) mass is 318 g/mol. The smallest absolute Gasteiger partial charge is 0.316 e. The van der Waals surface area contributed by atoms with Gasteiger partial charge in [-0.15, -0.1) is 0 Å². The number of carbonyl (C=O) groups excluding carboxylic acids is 1. The molecule has 0 saturated heterocycles. The summed E-state index contributed by atoms with van der Waals surface area (Å²) in [7, 11) is 0. The number of carbonyl (C=O) groups is 1. The van der Waals surface area contributed by atoms with Crippen LogP contribution in [0.5, 0.6) is 0 Å². The van der Waals surface area contributed by atoms with Gasteiger partial charge in [0.05, 0.1) is 11.2 Å². The first kappa shape index (κ1) is 12.8. The quantitative estimate of drug-likeness (QED) is 0.874. The molecule has 0 atom stereocenters. The second-order valence-electron chi connectivity index (χ2n) is 3.45. The molecular weight excluding hydrogens is 313 g/mol. The number of nitrogens with zero attached hydrogens (tertiary/aromatic N) is 1. The number of rotatable bonds is 1. The molecule has 2 rings (SSSR count). The Morgan fingerprint density at radius 3 is 2.67 bits per heavy atom. The van der Waals surface area contributed by atoms with E-state index in [2.05, 4.69) is 20.9 Å². The number of aromatic nitrogens is 1. The largest absolute Gasteiger partial charge is 0.471 e. The highest BCUT2D eigenvalue weighted by Crippen LogP contribution is 2.29. The van der Waals surface area contributed by atoms with E-state index < -0.39 is 12.1 Å². The highest BCUT2D eigenvalue weighted by atomic mass is 79.9. The van der Waals surface area contributed by atoms with Gasteiger partial charge in [-0.25, -0.2) is 0 Å². The molecule has 1 heterocycles. The van der Waals surface area contributed by atoms with Crippen LogP contribution >= 0.6 is 15.9 Å². The van der Waals surface area contributed by atoms with Gasteiger partial charge in [0, 0.05) is 16.1 Å². The van der Waals surface area contributed by atoms with E-state index in [0.717, 1.165) is 0 Å². The summed E-state index contributed by atoms with van der Waals surface area (Å²) in [6.45, 7) is 0. The summed E-state index contributed by atoms with van der Waals surface area (Å²) in [5.41, 5.74) is 0.320. The van der Waals surface area contributed by atoms with E-state index in [1.54, 1.807) is 23.5 Å². The lowest BCUT2D eigenvalue weighted by Gasteiger charge is -2.10. The third-order valence-corrected chi connectivity index (χ3v) is 2.91. The van der Waals surface area contributed by atoms with Crippen LogP contribution < -0.4 is 5.32 Å². The normalized spacial score (nSPS) is 11.6. The number of hydrogen-bond donors (Lipinski definition) is 1. The number of benzene rings is 1. The predicted octanol–water partition coefficient (Wildman–Crippen LogP) is 3.50. The molecule has 7 heteroatoms. The van der Waals surface area contributed by atoms with Crippen molar-refractivity contribution in [3.63, 3.8) is 0 Å². The number of halogens is 4. The van der Waals surface area contributed by atoms with Gasteiger partial charge in [-0.1, -0.05) is 22.0 Å². The molecule has 1 aromatic carbocycles. The van der Waals surface area contributed by atoms with Crippen molar-refractivity contribution in [3.05, 3.63) is 34.9 Å². The maximum absolute atomic E-state index is 12.2. The Balaban J connectivity index is 2.47. The molecule has 0 radical (unpaired) electrons. The van der Waals surface area contributed by atoms with Gasteiger partial charge in [0.25, 0.3) is 0 Å². The fraction of sp³-hybridized carbons (Fsp3) is 0.0909. The number of alkyl halides is 3. The third kappa shape index (κ3) is 2.45. The average Bonchev–Trinajstić information content (AvgIpc) is 2.32. The molecule has 0 aliphatic heterocycles. The number of amides is 1. The lowest BCUT2D eigenvalue weighted by molar-refractivity contribution is -0.167. The lowest BCUT2D eigenvalue weighted by Crippen LogP contribution is -2.30. The van der Waals surface area contributed by atoms with E-state index in [4.69, 9.17) is 0 Å². The summed E-state index contributed by atoms with van der Waals surface area (Å²) >= 11 is 3.26. The van der Waals surface area contributed by atoms with Crippen LogP contribution in [-0.2, 0) is 4.79 Å². The minimum Gasteiger partial charge on any atom is -0.316 e. The summed E-state index contributed by atoms with van der Waals surface area (Å²) in [5.74, 6) is -2.02. The highest BCUT2D eigenvalue weighted by Gasteiger charge is 2.38. The summed E-state index contributed by atoms with van der Waals surface area (Å²) in [6, 6.07) is 6.26. The van der Waals surface area contributed by atoms with Crippen molar-refractivity contribution in [2.24, 2.45) is 0 Å². The molecule has 0 bridgehead atoms. The molecule has 3 nitrogen and oxygen atoms in total. The van der Waals surface area contributed by atoms with Crippen molar-refractivity contribution in [2.75, 3.05) is 5.32 Å². The van der Waals surface area contributed by atoms with E-state index in [-0.39, 0.29) is 5.69 Å². The molecule has 1 amide bonds. The topological polar surface area (TPSA) is 42.0 Å². The Morgan fingerprint density at radius 1 is 1.28 bits per heavy atom. The molecule has 0 aliphatic rings.